The van der Waals surface area contributed by atoms with Gasteiger partial charge in [0.2, 0.25) is 15.7 Å². The number of pyridine rings is 1. The monoisotopic (exact) mass is 486 g/mol. The molecule has 9 nitrogen and oxygen atoms in total. The van der Waals surface area contributed by atoms with Crippen molar-refractivity contribution in [2.24, 2.45) is 0 Å². The van der Waals surface area contributed by atoms with Crippen LogP contribution in [-0.2, 0) is 14.6 Å². The van der Waals surface area contributed by atoms with Gasteiger partial charge in [0.15, 0.2) is 5.13 Å². The van der Waals surface area contributed by atoms with Crippen molar-refractivity contribution in [2.75, 3.05) is 11.1 Å². The van der Waals surface area contributed by atoms with Crippen molar-refractivity contribution >= 4 is 60.6 Å². The number of aromatic nitrogens is 2. The standard InChI is InChI=1S/C20H14N4O5S3/c25-17(12-30-16-5-1-3-13-4-2-10-21-19(13)16)23-20-22-11-18(31-20)32(28,29)15-8-6-14(7-9-15)24(26)27/h1-11H,12H2,(H,22,23,25). The van der Waals surface area contributed by atoms with Crippen LogP contribution in [0.1, 0.15) is 0 Å². The minimum absolute atomic E-state index is 0.0763. The molecule has 162 valence electrons. The number of hydrogen-bond donors (Lipinski definition) is 1. The van der Waals surface area contributed by atoms with Gasteiger partial charge in [0.1, 0.15) is 4.21 Å². The van der Waals surface area contributed by atoms with Crippen molar-refractivity contribution < 1.29 is 18.1 Å². The van der Waals surface area contributed by atoms with Crippen molar-refractivity contribution in [3.63, 3.8) is 0 Å². The molecule has 1 amide bonds. The number of carbonyl (C=O) groups is 1. The van der Waals surface area contributed by atoms with Gasteiger partial charge in [-0.25, -0.2) is 13.4 Å². The summed E-state index contributed by atoms with van der Waals surface area (Å²) in [4.78, 5) is 31.6. The molecule has 1 N–H and O–H groups in total. The lowest BCUT2D eigenvalue weighted by Crippen LogP contribution is -2.13. The molecule has 12 heteroatoms. The number of fused-ring (bicyclic) bond motifs is 1. The van der Waals surface area contributed by atoms with E-state index in [9.17, 15) is 23.3 Å². The van der Waals surface area contributed by atoms with Crippen LogP contribution in [0, 0.1) is 10.1 Å². The number of rotatable bonds is 7. The van der Waals surface area contributed by atoms with E-state index in [1.54, 1.807) is 6.20 Å². The molecule has 0 atom stereocenters. The number of thioether (sulfide) groups is 1. The summed E-state index contributed by atoms with van der Waals surface area (Å²) >= 11 is 2.13. The molecule has 2 heterocycles. The number of nitrogens with one attached hydrogen (secondary N) is 1. The highest BCUT2D eigenvalue weighted by atomic mass is 32.2. The summed E-state index contributed by atoms with van der Waals surface area (Å²) in [5.41, 5.74) is 0.596. The van der Waals surface area contributed by atoms with E-state index in [0.29, 0.717) is 0 Å². The summed E-state index contributed by atoms with van der Waals surface area (Å²) in [6.07, 6.45) is 2.84. The summed E-state index contributed by atoms with van der Waals surface area (Å²) in [6.45, 7) is 0. The number of amides is 1. The Hall–Kier alpha value is -3.35. The second-order valence-corrected chi connectivity index (χ2v) is 10.6. The maximum atomic E-state index is 12.7. The quantitative estimate of drug-likeness (QED) is 0.234. The molecule has 0 saturated carbocycles. The summed E-state index contributed by atoms with van der Waals surface area (Å²) < 4.78 is 25.4. The number of nitro groups is 1. The van der Waals surface area contributed by atoms with Gasteiger partial charge in [-0.15, -0.1) is 11.8 Å². The molecular weight excluding hydrogens is 472 g/mol. The molecule has 0 saturated heterocycles. The van der Waals surface area contributed by atoms with E-state index in [-0.39, 0.29) is 31.6 Å². The van der Waals surface area contributed by atoms with Gasteiger partial charge in [-0.05, 0) is 24.3 Å². The maximum Gasteiger partial charge on any atom is 0.269 e. The third kappa shape index (κ3) is 4.61. The van der Waals surface area contributed by atoms with Gasteiger partial charge in [-0.1, -0.05) is 29.5 Å². The van der Waals surface area contributed by atoms with Crippen LogP contribution in [0.3, 0.4) is 0 Å². The van der Waals surface area contributed by atoms with Gasteiger partial charge >= 0.3 is 0 Å². The van der Waals surface area contributed by atoms with E-state index in [2.05, 4.69) is 15.3 Å². The fourth-order valence-electron chi connectivity index (χ4n) is 2.80. The average Bonchev–Trinajstić information content (AvgIpc) is 3.27. The van der Waals surface area contributed by atoms with Crippen LogP contribution in [0.25, 0.3) is 10.9 Å². The van der Waals surface area contributed by atoms with Crippen LogP contribution in [0.15, 0.2) is 81.0 Å². The topological polar surface area (TPSA) is 132 Å². The fourth-order valence-corrected chi connectivity index (χ4v) is 6.09. The first-order valence-corrected chi connectivity index (χ1v) is 12.3. The molecule has 2 aromatic carbocycles. The normalized spacial score (nSPS) is 11.4. The minimum atomic E-state index is -3.91. The summed E-state index contributed by atoms with van der Waals surface area (Å²) in [5, 5.41) is 14.5. The summed E-state index contributed by atoms with van der Waals surface area (Å²) in [5.74, 6) is -0.240. The molecule has 0 aliphatic heterocycles. The highest BCUT2D eigenvalue weighted by Gasteiger charge is 2.22. The number of anilines is 1. The Bertz CT molecular complexity index is 1410. The third-order valence-electron chi connectivity index (χ3n) is 4.31. The number of hydrogen-bond acceptors (Lipinski definition) is 9. The Morgan fingerprint density at radius 2 is 1.84 bits per heavy atom. The zero-order chi connectivity index (χ0) is 22.7. The average molecular weight is 487 g/mol. The van der Waals surface area contributed by atoms with Crippen molar-refractivity contribution in [3.8, 4) is 0 Å². The SMILES string of the molecule is O=C(CSc1cccc2cccnc12)Nc1ncc(S(=O)(=O)c2ccc([N+](=O)[O-])cc2)s1. The lowest BCUT2D eigenvalue weighted by molar-refractivity contribution is -0.384. The first kappa shape index (κ1) is 21.9. The summed E-state index contributed by atoms with van der Waals surface area (Å²) in [6, 6.07) is 14.1. The molecule has 0 fully saturated rings. The third-order valence-corrected chi connectivity index (χ3v) is 8.50. The van der Waals surface area contributed by atoms with Crippen molar-refractivity contribution in [1.82, 2.24) is 9.97 Å². The van der Waals surface area contributed by atoms with Crippen molar-refractivity contribution in [3.05, 3.63) is 77.1 Å². The van der Waals surface area contributed by atoms with E-state index in [1.807, 2.05) is 30.3 Å². The van der Waals surface area contributed by atoms with E-state index in [0.717, 1.165) is 45.5 Å². The molecule has 2 aromatic heterocycles. The van der Waals surface area contributed by atoms with E-state index < -0.39 is 14.8 Å². The largest absolute Gasteiger partial charge is 0.301 e. The first-order valence-electron chi connectivity index (χ1n) is 9.06. The Morgan fingerprint density at radius 3 is 2.59 bits per heavy atom. The van der Waals surface area contributed by atoms with Crippen LogP contribution in [0.5, 0.6) is 0 Å². The Kier molecular flexibility index (Phi) is 6.17. The molecule has 0 aliphatic rings. The first-order chi connectivity index (χ1) is 15.3. The lowest BCUT2D eigenvalue weighted by Gasteiger charge is -2.05. The van der Waals surface area contributed by atoms with E-state index in [4.69, 9.17) is 0 Å². The van der Waals surface area contributed by atoms with Gasteiger partial charge in [0.25, 0.3) is 5.69 Å². The van der Waals surface area contributed by atoms with Crippen LogP contribution in [0.4, 0.5) is 10.8 Å². The molecule has 0 radical (unpaired) electrons. The van der Waals surface area contributed by atoms with Gasteiger partial charge in [0, 0.05) is 28.6 Å². The van der Waals surface area contributed by atoms with Gasteiger partial charge < -0.3 is 5.32 Å². The molecular formula is C20H14N4O5S3. The van der Waals surface area contributed by atoms with Crippen LogP contribution in [-0.4, -0.2) is 35.0 Å². The fraction of sp³-hybridized carbons (Fsp3) is 0.0500. The van der Waals surface area contributed by atoms with Crippen molar-refractivity contribution in [1.29, 1.82) is 0 Å². The summed E-state index contributed by atoms with van der Waals surface area (Å²) in [7, 11) is -3.91. The Morgan fingerprint density at radius 1 is 1.09 bits per heavy atom. The Balaban J connectivity index is 1.43. The predicted octanol–water partition coefficient (Wildman–Crippen LogP) is 4.16. The molecule has 4 aromatic rings. The number of nitro benzene ring substituents is 1. The minimum Gasteiger partial charge on any atom is -0.301 e. The van der Waals surface area contributed by atoms with Crippen LogP contribution >= 0.6 is 23.1 Å². The predicted molar refractivity (Wildman–Crippen MR) is 122 cm³/mol. The number of thiazole rings is 1. The number of sulfone groups is 1. The van der Waals surface area contributed by atoms with Crippen molar-refractivity contribution in [2.45, 2.75) is 14.0 Å². The molecule has 0 aliphatic carbocycles. The molecule has 4 rings (SSSR count). The van der Waals surface area contributed by atoms with Gasteiger partial charge in [-0.2, -0.15) is 0 Å². The number of carbonyl (C=O) groups excluding carboxylic acids is 1. The second-order valence-electron chi connectivity index (χ2n) is 6.41. The van der Waals surface area contributed by atoms with Gasteiger partial charge in [-0.3, -0.25) is 19.9 Å². The number of nitrogens with zero attached hydrogens (tertiary/aromatic N) is 3. The van der Waals surface area contributed by atoms with Crippen LogP contribution in [0.2, 0.25) is 0 Å². The number of benzene rings is 2. The molecule has 0 spiro atoms. The smallest absolute Gasteiger partial charge is 0.269 e. The molecule has 0 bridgehead atoms. The second kappa shape index (κ2) is 9.02. The van der Waals surface area contributed by atoms with E-state index >= 15 is 0 Å². The molecule has 32 heavy (non-hydrogen) atoms. The van der Waals surface area contributed by atoms with Crippen LogP contribution < -0.4 is 5.32 Å². The number of para-hydroxylation sites is 1. The van der Waals surface area contributed by atoms with E-state index in [1.165, 1.54) is 23.9 Å². The highest BCUT2D eigenvalue weighted by Crippen LogP contribution is 2.30. The zero-order valence-corrected chi connectivity index (χ0v) is 18.6. The maximum absolute atomic E-state index is 12.7. The Labute approximate surface area is 190 Å². The van der Waals surface area contributed by atoms with Gasteiger partial charge in [0.05, 0.1) is 27.3 Å². The molecule has 0 unspecified atom stereocenters. The zero-order valence-electron chi connectivity index (χ0n) is 16.2. The number of non-ortho nitro benzene ring substituents is 1. The highest BCUT2D eigenvalue weighted by molar-refractivity contribution is 8.00. The lowest BCUT2D eigenvalue weighted by atomic mass is 10.2.